The molecule has 15 heavy (non-hydrogen) atoms. The van der Waals surface area contributed by atoms with Crippen molar-refractivity contribution in [3.63, 3.8) is 0 Å². The average molecular weight is 229 g/mol. The molecule has 0 atom stereocenters. The molecule has 5 nitrogen and oxygen atoms in total. The van der Waals surface area contributed by atoms with Crippen molar-refractivity contribution in [3.05, 3.63) is 18.2 Å². The quantitative estimate of drug-likeness (QED) is 0.733. The fraction of sp³-hybridized carbons (Fsp3) is 0.333. The highest BCUT2D eigenvalue weighted by Gasteiger charge is 2.12. The van der Waals surface area contributed by atoms with Crippen molar-refractivity contribution in [3.8, 4) is 0 Å². The van der Waals surface area contributed by atoms with Gasteiger partial charge in [0.15, 0.2) is 0 Å². The normalized spacial score (nSPS) is 11.4. The number of hydrogen-bond acceptors (Lipinski definition) is 4. The molecule has 0 fully saturated rings. The van der Waals surface area contributed by atoms with E-state index in [0.29, 0.717) is 0 Å². The fourth-order valence-electron chi connectivity index (χ4n) is 1.21. The van der Waals surface area contributed by atoms with Gasteiger partial charge in [0.1, 0.15) is 4.90 Å². The Bertz CT molecular complexity index is 456. The van der Waals surface area contributed by atoms with Gasteiger partial charge >= 0.3 is 0 Å². The lowest BCUT2D eigenvalue weighted by Crippen LogP contribution is -2.18. The second-order valence-electron chi connectivity index (χ2n) is 3.28. The molecule has 1 aromatic carbocycles. The standard InChI is InChI=1S/C9H15N3O2S/c1-3-12(2)7-4-5-9(8(10)6-7)15(11,13)14/h4-6H,3,10H2,1-2H3,(H2,11,13,14). The van der Waals surface area contributed by atoms with Gasteiger partial charge in [-0.2, -0.15) is 0 Å². The Balaban J connectivity index is 3.21. The Kier molecular flexibility index (Phi) is 3.21. The summed E-state index contributed by atoms with van der Waals surface area (Å²) < 4.78 is 22.2. The molecule has 4 N–H and O–H groups in total. The number of hydrogen-bond donors (Lipinski definition) is 2. The van der Waals surface area contributed by atoms with Crippen LogP contribution in [0.25, 0.3) is 0 Å². The SMILES string of the molecule is CCN(C)c1ccc(S(N)(=O)=O)c(N)c1. The number of nitrogens with two attached hydrogens (primary N) is 2. The van der Waals surface area contributed by atoms with E-state index in [2.05, 4.69) is 0 Å². The van der Waals surface area contributed by atoms with Crippen molar-refractivity contribution in [2.75, 3.05) is 24.2 Å². The van der Waals surface area contributed by atoms with Gasteiger partial charge in [0, 0.05) is 19.3 Å². The van der Waals surface area contributed by atoms with Crippen LogP contribution in [0.4, 0.5) is 11.4 Å². The molecule has 1 rings (SSSR count). The molecule has 0 spiro atoms. The van der Waals surface area contributed by atoms with E-state index in [9.17, 15) is 8.42 Å². The molecule has 0 aliphatic heterocycles. The summed E-state index contributed by atoms with van der Waals surface area (Å²) in [5, 5.41) is 4.99. The number of nitrogens with zero attached hydrogens (tertiary/aromatic N) is 1. The van der Waals surface area contributed by atoms with Crippen LogP contribution in [0.1, 0.15) is 6.92 Å². The number of primary sulfonamides is 1. The number of nitrogen functional groups attached to an aromatic ring is 1. The first-order valence-electron chi connectivity index (χ1n) is 4.49. The zero-order valence-corrected chi connectivity index (χ0v) is 9.58. The lowest BCUT2D eigenvalue weighted by Gasteiger charge is -2.17. The minimum absolute atomic E-state index is 0.0317. The van der Waals surface area contributed by atoms with Gasteiger partial charge in [0.05, 0.1) is 5.69 Å². The van der Waals surface area contributed by atoms with Gasteiger partial charge in [-0.05, 0) is 25.1 Å². The Morgan fingerprint density at radius 1 is 1.40 bits per heavy atom. The van der Waals surface area contributed by atoms with Gasteiger partial charge in [-0.25, -0.2) is 13.6 Å². The van der Waals surface area contributed by atoms with Crippen LogP contribution in [0.5, 0.6) is 0 Å². The molecule has 6 heteroatoms. The number of rotatable bonds is 3. The minimum atomic E-state index is -3.73. The highest BCUT2D eigenvalue weighted by molar-refractivity contribution is 7.89. The molecular formula is C9H15N3O2S. The van der Waals surface area contributed by atoms with Crippen LogP contribution in [0.2, 0.25) is 0 Å². The van der Waals surface area contributed by atoms with E-state index in [1.54, 1.807) is 12.1 Å². The summed E-state index contributed by atoms with van der Waals surface area (Å²) in [6, 6.07) is 4.70. The fourth-order valence-corrected chi connectivity index (χ4v) is 1.86. The Morgan fingerprint density at radius 3 is 2.40 bits per heavy atom. The highest BCUT2D eigenvalue weighted by atomic mass is 32.2. The minimum Gasteiger partial charge on any atom is -0.398 e. The Hall–Kier alpha value is -1.27. The van der Waals surface area contributed by atoms with Crippen LogP contribution in [0, 0.1) is 0 Å². The zero-order chi connectivity index (χ0) is 11.6. The van der Waals surface area contributed by atoms with Crippen molar-refractivity contribution >= 4 is 21.4 Å². The third kappa shape index (κ3) is 2.60. The topological polar surface area (TPSA) is 89.4 Å². The molecule has 0 saturated heterocycles. The maximum Gasteiger partial charge on any atom is 0.240 e. The van der Waals surface area contributed by atoms with Gasteiger partial charge in [-0.1, -0.05) is 0 Å². The molecule has 0 aliphatic rings. The van der Waals surface area contributed by atoms with Gasteiger partial charge in [0.2, 0.25) is 10.0 Å². The Labute approximate surface area is 89.7 Å². The molecule has 1 aromatic rings. The third-order valence-corrected chi connectivity index (χ3v) is 3.20. The van der Waals surface area contributed by atoms with Crippen LogP contribution in [-0.4, -0.2) is 22.0 Å². The first kappa shape index (κ1) is 11.8. The lowest BCUT2D eigenvalue weighted by atomic mass is 10.2. The highest BCUT2D eigenvalue weighted by Crippen LogP contribution is 2.23. The van der Waals surface area contributed by atoms with Crippen LogP contribution in [0.3, 0.4) is 0 Å². The van der Waals surface area contributed by atoms with Crippen LogP contribution >= 0.6 is 0 Å². The molecular weight excluding hydrogens is 214 g/mol. The van der Waals surface area contributed by atoms with Crippen LogP contribution in [0.15, 0.2) is 23.1 Å². The first-order valence-corrected chi connectivity index (χ1v) is 6.04. The summed E-state index contributed by atoms with van der Waals surface area (Å²) in [5.41, 5.74) is 6.65. The van der Waals surface area contributed by atoms with Crippen molar-refractivity contribution in [1.29, 1.82) is 0 Å². The largest absolute Gasteiger partial charge is 0.398 e. The molecule has 0 bridgehead atoms. The summed E-state index contributed by atoms with van der Waals surface area (Å²) in [5.74, 6) is 0. The van der Waals surface area contributed by atoms with E-state index in [0.717, 1.165) is 12.2 Å². The molecule has 0 heterocycles. The predicted molar refractivity (Wildman–Crippen MR) is 61.2 cm³/mol. The molecule has 84 valence electrons. The van der Waals surface area contributed by atoms with Crippen molar-refractivity contribution in [1.82, 2.24) is 0 Å². The monoisotopic (exact) mass is 229 g/mol. The maximum absolute atomic E-state index is 11.1. The first-order chi connectivity index (χ1) is 6.86. The summed E-state index contributed by atoms with van der Waals surface area (Å²) in [4.78, 5) is 1.92. The average Bonchev–Trinajstić information content (AvgIpc) is 2.14. The number of anilines is 2. The van der Waals surface area contributed by atoms with Gasteiger partial charge < -0.3 is 10.6 Å². The molecule has 0 unspecified atom stereocenters. The van der Waals surface area contributed by atoms with Gasteiger partial charge in [-0.15, -0.1) is 0 Å². The summed E-state index contributed by atoms with van der Waals surface area (Å²) in [7, 11) is -1.83. The van der Waals surface area contributed by atoms with Crippen LogP contribution in [-0.2, 0) is 10.0 Å². The van der Waals surface area contributed by atoms with Crippen molar-refractivity contribution in [2.45, 2.75) is 11.8 Å². The van der Waals surface area contributed by atoms with Crippen molar-refractivity contribution < 1.29 is 8.42 Å². The van der Waals surface area contributed by atoms with Crippen molar-refractivity contribution in [2.24, 2.45) is 5.14 Å². The Morgan fingerprint density at radius 2 is 2.00 bits per heavy atom. The molecule has 0 radical (unpaired) electrons. The second-order valence-corrected chi connectivity index (χ2v) is 4.81. The summed E-state index contributed by atoms with van der Waals surface area (Å²) in [6.45, 7) is 2.80. The van der Waals surface area contributed by atoms with E-state index < -0.39 is 10.0 Å². The van der Waals surface area contributed by atoms with E-state index in [1.165, 1.54) is 6.07 Å². The summed E-state index contributed by atoms with van der Waals surface area (Å²) >= 11 is 0. The van der Waals surface area contributed by atoms with Gasteiger partial charge in [0.25, 0.3) is 0 Å². The molecule has 0 amide bonds. The van der Waals surface area contributed by atoms with E-state index in [1.807, 2.05) is 18.9 Å². The zero-order valence-electron chi connectivity index (χ0n) is 8.77. The van der Waals surface area contributed by atoms with E-state index >= 15 is 0 Å². The lowest BCUT2D eigenvalue weighted by molar-refractivity contribution is 0.598. The second kappa shape index (κ2) is 4.08. The van der Waals surface area contributed by atoms with Crippen LogP contribution < -0.4 is 15.8 Å². The van der Waals surface area contributed by atoms with E-state index in [-0.39, 0.29) is 10.6 Å². The number of sulfonamides is 1. The molecule has 0 aliphatic carbocycles. The van der Waals surface area contributed by atoms with E-state index in [4.69, 9.17) is 10.9 Å². The summed E-state index contributed by atoms with van der Waals surface area (Å²) in [6.07, 6.45) is 0. The third-order valence-electron chi connectivity index (χ3n) is 2.22. The predicted octanol–water partition coefficient (Wildman–Crippen LogP) is 0.372. The molecule has 0 saturated carbocycles. The van der Waals surface area contributed by atoms with Gasteiger partial charge in [-0.3, -0.25) is 0 Å². The number of benzene rings is 1. The molecule has 0 aromatic heterocycles. The maximum atomic E-state index is 11.1. The smallest absolute Gasteiger partial charge is 0.240 e.